The molecule has 2 heterocycles. The van der Waals surface area contributed by atoms with Gasteiger partial charge >= 0.3 is 0 Å². The Kier molecular flexibility index (Phi) is 7.35. The van der Waals surface area contributed by atoms with Gasteiger partial charge in [0, 0.05) is 49.5 Å². The molecule has 2 aromatic carbocycles. The number of methoxy groups -OCH3 is 1. The summed E-state index contributed by atoms with van der Waals surface area (Å²) in [5.74, 6) is 0.800. The smallest absolute Gasteiger partial charge is 0.185 e. The summed E-state index contributed by atoms with van der Waals surface area (Å²) in [4.78, 5) is 17.4. The third kappa shape index (κ3) is 5.73. The summed E-state index contributed by atoms with van der Waals surface area (Å²) >= 11 is 0. The number of nitrogens with zero attached hydrogens (tertiary/aromatic N) is 2. The summed E-state index contributed by atoms with van der Waals surface area (Å²) in [5, 5.41) is 0. The van der Waals surface area contributed by atoms with E-state index in [2.05, 4.69) is 21.9 Å². The van der Waals surface area contributed by atoms with E-state index in [9.17, 15) is 4.79 Å². The lowest BCUT2D eigenvalue weighted by Gasteiger charge is -2.28. The predicted octanol–water partition coefficient (Wildman–Crippen LogP) is 3.26. The molecule has 0 aromatic heterocycles. The number of allylic oxidation sites excluding steroid dienone is 1. The van der Waals surface area contributed by atoms with E-state index in [-0.39, 0.29) is 5.78 Å². The Morgan fingerprint density at radius 3 is 2.32 bits per heavy atom. The van der Waals surface area contributed by atoms with Gasteiger partial charge in [0.2, 0.25) is 0 Å². The number of hydrogen-bond donors (Lipinski definition) is 0. The van der Waals surface area contributed by atoms with E-state index in [0.717, 1.165) is 76.0 Å². The van der Waals surface area contributed by atoms with Crippen LogP contribution in [0.2, 0.25) is 0 Å². The topological polar surface area (TPSA) is 51.2 Å². The highest BCUT2D eigenvalue weighted by atomic mass is 16.5. The van der Waals surface area contributed by atoms with Crippen molar-refractivity contribution in [2.45, 2.75) is 6.54 Å². The third-order valence-corrected chi connectivity index (χ3v) is 5.76. The van der Waals surface area contributed by atoms with Crippen LogP contribution in [0.25, 0.3) is 6.08 Å². The standard InChI is InChI=1S/C25H30N2O4/c1-29-25-9-5-21(18-22(25)19-26-10-14-30-15-11-26)24(28)8-4-20-2-6-23(7-3-20)27-12-16-31-17-13-27/h2-9,18H,10-17,19H2,1H3/b8-4+. The number of carbonyl (C=O) groups excluding carboxylic acids is 1. The Balaban J connectivity index is 1.42. The van der Waals surface area contributed by atoms with Crippen molar-refractivity contribution in [3.05, 3.63) is 65.2 Å². The van der Waals surface area contributed by atoms with Gasteiger partial charge in [0.25, 0.3) is 0 Å². The van der Waals surface area contributed by atoms with Gasteiger partial charge in [-0.2, -0.15) is 0 Å². The van der Waals surface area contributed by atoms with Crippen LogP contribution < -0.4 is 9.64 Å². The Bertz CT molecular complexity index is 898. The molecule has 2 fully saturated rings. The molecule has 0 bridgehead atoms. The summed E-state index contributed by atoms with van der Waals surface area (Å²) in [6.07, 6.45) is 3.52. The van der Waals surface area contributed by atoms with Gasteiger partial charge in [-0.05, 0) is 42.0 Å². The van der Waals surface area contributed by atoms with E-state index in [0.29, 0.717) is 5.56 Å². The molecule has 0 spiro atoms. The number of morpholine rings is 2. The predicted molar refractivity (Wildman–Crippen MR) is 122 cm³/mol. The molecule has 0 aliphatic carbocycles. The number of carbonyl (C=O) groups is 1. The van der Waals surface area contributed by atoms with Gasteiger partial charge in [-0.3, -0.25) is 9.69 Å². The van der Waals surface area contributed by atoms with Crippen molar-refractivity contribution < 1.29 is 19.0 Å². The molecule has 6 nitrogen and oxygen atoms in total. The molecule has 2 aliphatic heterocycles. The van der Waals surface area contributed by atoms with Crippen LogP contribution in [0.4, 0.5) is 5.69 Å². The van der Waals surface area contributed by atoms with Crippen molar-refractivity contribution in [2.75, 3.05) is 64.6 Å². The van der Waals surface area contributed by atoms with Gasteiger partial charge < -0.3 is 19.1 Å². The maximum Gasteiger partial charge on any atom is 0.185 e. The number of rotatable bonds is 7. The molecule has 2 aliphatic rings. The minimum absolute atomic E-state index is 0.0110. The SMILES string of the molecule is COc1ccc(C(=O)/C=C/c2ccc(N3CCOCC3)cc2)cc1CN1CCOCC1. The molecular formula is C25H30N2O4. The summed E-state index contributed by atoms with van der Waals surface area (Å²) in [6, 6.07) is 14.0. The highest BCUT2D eigenvalue weighted by Crippen LogP contribution is 2.23. The second-order valence-electron chi connectivity index (χ2n) is 7.80. The van der Waals surface area contributed by atoms with Crippen molar-refractivity contribution in [1.29, 1.82) is 0 Å². The zero-order chi connectivity index (χ0) is 21.5. The van der Waals surface area contributed by atoms with Gasteiger partial charge in [-0.1, -0.05) is 18.2 Å². The molecule has 2 saturated heterocycles. The first kappa shape index (κ1) is 21.6. The van der Waals surface area contributed by atoms with E-state index in [1.165, 1.54) is 5.69 Å². The summed E-state index contributed by atoms with van der Waals surface area (Å²) < 4.78 is 16.4. The van der Waals surface area contributed by atoms with Crippen LogP contribution >= 0.6 is 0 Å². The Hall–Kier alpha value is -2.67. The normalized spacial score (nSPS) is 17.8. The van der Waals surface area contributed by atoms with Gasteiger partial charge in [0.1, 0.15) is 5.75 Å². The van der Waals surface area contributed by atoms with E-state index >= 15 is 0 Å². The molecule has 0 saturated carbocycles. The van der Waals surface area contributed by atoms with Crippen molar-refractivity contribution >= 4 is 17.5 Å². The van der Waals surface area contributed by atoms with Gasteiger partial charge in [-0.15, -0.1) is 0 Å². The Labute approximate surface area is 184 Å². The number of benzene rings is 2. The first-order chi connectivity index (χ1) is 15.2. The molecular weight excluding hydrogens is 392 g/mol. The van der Waals surface area contributed by atoms with E-state index < -0.39 is 0 Å². The van der Waals surface area contributed by atoms with Crippen molar-refractivity contribution in [3.63, 3.8) is 0 Å². The zero-order valence-electron chi connectivity index (χ0n) is 18.1. The molecule has 0 N–H and O–H groups in total. The fraction of sp³-hybridized carbons (Fsp3) is 0.400. The monoisotopic (exact) mass is 422 g/mol. The van der Waals surface area contributed by atoms with Crippen LogP contribution in [-0.4, -0.2) is 70.4 Å². The van der Waals surface area contributed by atoms with Crippen molar-refractivity contribution in [2.24, 2.45) is 0 Å². The lowest BCUT2D eigenvalue weighted by atomic mass is 10.0. The minimum atomic E-state index is -0.0110. The number of hydrogen-bond acceptors (Lipinski definition) is 6. The molecule has 0 unspecified atom stereocenters. The highest BCUT2D eigenvalue weighted by molar-refractivity contribution is 6.07. The van der Waals surface area contributed by atoms with Crippen molar-refractivity contribution in [1.82, 2.24) is 4.90 Å². The van der Waals surface area contributed by atoms with Crippen LogP contribution in [0.15, 0.2) is 48.5 Å². The van der Waals surface area contributed by atoms with E-state index in [1.807, 2.05) is 36.4 Å². The number of anilines is 1. The zero-order valence-corrected chi connectivity index (χ0v) is 18.1. The molecule has 164 valence electrons. The Morgan fingerprint density at radius 1 is 0.968 bits per heavy atom. The van der Waals surface area contributed by atoms with Crippen LogP contribution in [0.1, 0.15) is 21.5 Å². The van der Waals surface area contributed by atoms with Crippen LogP contribution in [0, 0.1) is 0 Å². The molecule has 0 amide bonds. The summed E-state index contributed by atoms with van der Waals surface area (Å²) in [5.41, 5.74) is 3.89. The molecule has 6 heteroatoms. The molecule has 4 rings (SSSR count). The molecule has 2 aromatic rings. The van der Waals surface area contributed by atoms with Gasteiger partial charge in [0.15, 0.2) is 5.78 Å². The quantitative estimate of drug-likeness (QED) is 0.504. The minimum Gasteiger partial charge on any atom is -0.496 e. The average Bonchev–Trinajstić information content (AvgIpc) is 2.84. The molecule has 0 atom stereocenters. The lowest BCUT2D eigenvalue weighted by Crippen LogP contribution is -2.36. The average molecular weight is 423 g/mol. The highest BCUT2D eigenvalue weighted by Gasteiger charge is 2.15. The molecule has 31 heavy (non-hydrogen) atoms. The maximum atomic E-state index is 12.8. The first-order valence-corrected chi connectivity index (χ1v) is 10.8. The van der Waals surface area contributed by atoms with E-state index in [4.69, 9.17) is 14.2 Å². The van der Waals surface area contributed by atoms with Crippen LogP contribution in [0.3, 0.4) is 0 Å². The van der Waals surface area contributed by atoms with Crippen molar-refractivity contribution in [3.8, 4) is 5.75 Å². The Morgan fingerprint density at radius 2 is 1.65 bits per heavy atom. The van der Waals surface area contributed by atoms with Gasteiger partial charge in [0.05, 0.1) is 33.5 Å². The lowest BCUT2D eigenvalue weighted by molar-refractivity contribution is 0.0338. The van der Waals surface area contributed by atoms with Gasteiger partial charge in [-0.25, -0.2) is 0 Å². The summed E-state index contributed by atoms with van der Waals surface area (Å²) in [7, 11) is 1.67. The van der Waals surface area contributed by atoms with Crippen LogP contribution in [0.5, 0.6) is 5.75 Å². The second-order valence-corrected chi connectivity index (χ2v) is 7.80. The third-order valence-electron chi connectivity index (χ3n) is 5.76. The van der Waals surface area contributed by atoms with E-state index in [1.54, 1.807) is 13.2 Å². The van der Waals surface area contributed by atoms with Crippen LogP contribution in [-0.2, 0) is 16.0 Å². The number of ether oxygens (including phenoxy) is 3. The fourth-order valence-electron chi connectivity index (χ4n) is 3.94. The number of ketones is 1. The largest absolute Gasteiger partial charge is 0.496 e. The molecule has 0 radical (unpaired) electrons. The fourth-order valence-corrected chi connectivity index (χ4v) is 3.94. The maximum absolute atomic E-state index is 12.8. The first-order valence-electron chi connectivity index (χ1n) is 10.8. The summed E-state index contributed by atoms with van der Waals surface area (Å²) in [6.45, 7) is 7.39. The second kappa shape index (κ2) is 10.6.